The molecule has 2 aromatic rings. The van der Waals surface area contributed by atoms with Crippen LogP contribution >= 0.6 is 11.6 Å². The Bertz CT molecular complexity index is 555. The fraction of sp³-hybridized carbons (Fsp3) is 0.250. The Balaban J connectivity index is 1.95. The van der Waals surface area contributed by atoms with Gasteiger partial charge in [0, 0.05) is 29.7 Å². The molecule has 0 atom stereocenters. The van der Waals surface area contributed by atoms with E-state index in [1.54, 1.807) is 14.2 Å². The Labute approximate surface area is 124 Å². The van der Waals surface area contributed by atoms with Gasteiger partial charge in [-0.1, -0.05) is 29.8 Å². The number of hydrogen-bond donors (Lipinski definition) is 1. The van der Waals surface area contributed by atoms with Crippen molar-refractivity contribution in [3.63, 3.8) is 0 Å². The van der Waals surface area contributed by atoms with Crippen molar-refractivity contribution in [2.45, 2.75) is 13.1 Å². The Morgan fingerprint density at radius 3 is 2.35 bits per heavy atom. The van der Waals surface area contributed by atoms with Gasteiger partial charge in [-0.25, -0.2) is 0 Å². The molecular weight excluding hydrogens is 274 g/mol. The summed E-state index contributed by atoms with van der Waals surface area (Å²) in [5.74, 6) is 1.62. The smallest absolute Gasteiger partial charge is 0.127 e. The van der Waals surface area contributed by atoms with Gasteiger partial charge in [-0.2, -0.15) is 0 Å². The molecule has 0 saturated carbocycles. The topological polar surface area (TPSA) is 30.5 Å². The van der Waals surface area contributed by atoms with Crippen LogP contribution in [0.2, 0.25) is 5.02 Å². The normalized spacial score (nSPS) is 10.3. The molecule has 0 aliphatic heterocycles. The van der Waals surface area contributed by atoms with Gasteiger partial charge >= 0.3 is 0 Å². The fourth-order valence-corrected chi connectivity index (χ4v) is 2.07. The lowest BCUT2D eigenvalue weighted by molar-refractivity contribution is 0.390. The first-order valence-electron chi connectivity index (χ1n) is 6.39. The molecule has 0 aliphatic carbocycles. The average Bonchev–Trinajstić information content (AvgIpc) is 2.49. The molecule has 106 valence electrons. The minimum absolute atomic E-state index is 0.732. The summed E-state index contributed by atoms with van der Waals surface area (Å²) < 4.78 is 10.6. The Hall–Kier alpha value is -1.71. The van der Waals surface area contributed by atoms with E-state index < -0.39 is 0 Å². The van der Waals surface area contributed by atoms with Crippen LogP contribution < -0.4 is 14.8 Å². The van der Waals surface area contributed by atoms with Crippen molar-refractivity contribution in [3.05, 3.63) is 58.6 Å². The van der Waals surface area contributed by atoms with Crippen molar-refractivity contribution < 1.29 is 9.47 Å². The third kappa shape index (κ3) is 3.89. The second-order valence-corrected chi connectivity index (χ2v) is 4.84. The van der Waals surface area contributed by atoms with Gasteiger partial charge < -0.3 is 14.8 Å². The van der Waals surface area contributed by atoms with E-state index in [-0.39, 0.29) is 0 Å². The maximum atomic E-state index is 5.86. The van der Waals surface area contributed by atoms with Crippen LogP contribution in [0.1, 0.15) is 11.1 Å². The molecule has 0 radical (unpaired) electrons. The predicted octanol–water partition coefficient (Wildman–Crippen LogP) is 3.65. The molecule has 3 nitrogen and oxygen atoms in total. The van der Waals surface area contributed by atoms with E-state index in [1.165, 1.54) is 5.56 Å². The summed E-state index contributed by atoms with van der Waals surface area (Å²) in [7, 11) is 3.31. The van der Waals surface area contributed by atoms with E-state index in [9.17, 15) is 0 Å². The molecule has 0 spiro atoms. The molecule has 2 aromatic carbocycles. The third-order valence-electron chi connectivity index (χ3n) is 3.05. The maximum absolute atomic E-state index is 5.86. The van der Waals surface area contributed by atoms with Crippen LogP contribution in [0.3, 0.4) is 0 Å². The maximum Gasteiger partial charge on any atom is 0.127 e. The summed E-state index contributed by atoms with van der Waals surface area (Å²) in [6.07, 6.45) is 0. The number of rotatable bonds is 6. The van der Waals surface area contributed by atoms with Crippen molar-refractivity contribution in [2.75, 3.05) is 14.2 Å². The van der Waals surface area contributed by atoms with Gasteiger partial charge in [0.15, 0.2) is 0 Å². The first kappa shape index (κ1) is 14.7. The lowest BCUT2D eigenvalue weighted by Gasteiger charge is -2.11. The molecule has 0 amide bonds. The SMILES string of the molecule is COc1ccc(CNCc2ccc(Cl)cc2)c(OC)c1. The molecule has 0 saturated heterocycles. The van der Waals surface area contributed by atoms with Crippen LogP contribution in [-0.2, 0) is 13.1 Å². The summed E-state index contributed by atoms with van der Waals surface area (Å²) in [5.41, 5.74) is 2.30. The van der Waals surface area contributed by atoms with E-state index in [0.29, 0.717) is 0 Å². The molecule has 0 unspecified atom stereocenters. The number of methoxy groups -OCH3 is 2. The molecule has 0 bridgehead atoms. The molecule has 20 heavy (non-hydrogen) atoms. The molecule has 4 heteroatoms. The highest BCUT2D eigenvalue weighted by Crippen LogP contribution is 2.24. The molecule has 1 N–H and O–H groups in total. The summed E-state index contributed by atoms with van der Waals surface area (Å²) in [6, 6.07) is 13.6. The second-order valence-electron chi connectivity index (χ2n) is 4.41. The average molecular weight is 292 g/mol. The fourth-order valence-electron chi connectivity index (χ4n) is 1.94. The molecule has 0 heterocycles. The largest absolute Gasteiger partial charge is 0.497 e. The zero-order valence-corrected chi connectivity index (χ0v) is 12.4. The van der Waals surface area contributed by atoms with E-state index in [4.69, 9.17) is 21.1 Å². The highest BCUT2D eigenvalue weighted by atomic mass is 35.5. The van der Waals surface area contributed by atoms with Crippen LogP contribution in [0.15, 0.2) is 42.5 Å². The summed E-state index contributed by atoms with van der Waals surface area (Å²) in [5, 5.41) is 4.14. The summed E-state index contributed by atoms with van der Waals surface area (Å²) >= 11 is 5.86. The summed E-state index contributed by atoms with van der Waals surface area (Å²) in [6.45, 7) is 1.52. The minimum atomic E-state index is 0.732. The first-order chi connectivity index (χ1) is 9.72. The number of benzene rings is 2. The standard InChI is InChI=1S/C16H18ClNO2/c1-19-15-8-5-13(16(9-15)20-2)11-18-10-12-3-6-14(17)7-4-12/h3-9,18H,10-11H2,1-2H3. The van der Waals surface area contributed by atoms with Gasteiger partial charge in [-0.15, -0.1) is 0 Å². The van der Waals surface area contributed by atoms with Gasteiger partial charge in [0.25, 0.3) is 0 Å². The van der Waals surface area contributed by atoms with Crippen molar-refractivity contribution in [1.29, 1.82) is 0 Å². The third-order valence-corrected chi connectivity index (χ3v) is 3.30. The monoisotopic (exact) mass is 291 g/mol. The van der Waals surface area contributed by atoms with E-state index in [1.807, 2.05) is 42.5 Å². The summed E-state index contributed by atoms with van der Waals surface area (Å²) in [4.78, 5) is 0. The molecule has 2 rings (SSSR count). The zero-order valence-electron chi connectivity index (χ0n) is 11.7. The van der Waals surface area contributed by atoms with Crippen molar-refractivity contribution in [3.8, 4) is 11.5 Å². The van der Waals surface area contributed by atoms with Crippen molar-refractivity contribution in [1.82, 2.24) is 5.32 Å². The van der Waals surface area contributed by atoms with Crippen LogP contribution in [0, 0.1) is 0 Å². The molecule has 0 aromatic heterocycles. The first-order valence-corrected chi connectivity index (χ1v) is 6.77. The number of ether oxygens (including phenoxy) is 2. The lowest BCUT2D eigenvalue weighted by Crippen LogP contribution is -2.13. The van der Waals surface area contributed by atoms with Gasteiger partial charge in [0.1, 0.15) is 11.5 Å². The quantitative estimate of drug-likeness (QED) is 0.881. The molecule has 0 fully saturated rings. The minimum Gasteiger partial charge on any atom is -0.497 e. The van der Waals surface area contributed by atoms with Gasteiger partial charge in [0.2, 0.25) is 0 Å². The van der Waals surface area contributed by atoms with Gasteiger partial charge in [0.05, 0.1) is 14.2 Å². The number of halogens is 1. The lowest BCUT2D eigenvalue weighted by atomic mass is 10.1. The van der Waals surface area contributed by atoms with Gasteiger partial charge in [-0.05, 0) is 23.8 Å². The van der Waals surface area contributed by atoms with Crippen molar-refractivity contribution in [2.24, 2.45) is 0 Å². The van der Waals surface area contributed by atoms with Crippen LogP contribution in [0.25, 0.3) is 0 Å². The van der Waals surface area contributed by atoms with Crippen LogP contribution in [0.5, 0.6) is 11.5 Å². The Kier molecular flexibility index (Phi) is 5.27. The van der Waals surface area contributed by atoms with E-state index in [2.05, 4.69) is 5.32 Å². The number of nitrogens with one attached hydrogen (secondary N) is 1. The Morgan fingerprint density at radius 1 is 0.950 bits per heavy atom. The van der Waals surface area contributed by atoms with Gasteiger partial charge in [-0.3, -0.25) is 0 Å². The number of hydrogen-bond acceptors (Lipinski definition) is 3. The van der Waals surface area contributed by atoms with Crippen molar-refractivity contribution >= 4 is 11.6 Å². The van der Waals surface area contributed by atoms with E-state index >= 15 is 0 Å². The van der Waals surface area contributed by atoms with E-state index in [0.717, 1.165) is 35.2 Å². The second kappa shape index (κ2) is 7.17. The van der Waals surface area contributed by atoms with Crippen LogP contribution in [0.4, 0.5) is 0 Å². The molecular formula is C16H18ClNO2. The van der Waals surface area contributed by atoms with Crippen LogP contribution in [-0.4, -0.2) is 14.2 Å². The zero-order chi connectivity index (χ0) is 14.4. The highest BCUT2D eigenvalue weighted by molar-refractivity contribution is 6.30. The predicted molar refractivity (Wildman–Crippen MR) is 81.5 cm³/mol. The molecule has 0 aliphatic rings. The highest BCUT2D eigenvalue weighted by Gasteiger charge is 2.04. The Morgan fingerprint density at radius 2 is 1.70 bits per heavy atom.